The minimum Gasteiger partial charge on any atom is -0.493 e. The summed E-state index contributed by atoms with van der Waals surface area (Å²) in [6, 6.07) is 14.8. The molecule has 0 saturated heterocycles. The fraction of sp³-hybridized carbons (Fsp3) is 0.458. The molecule has 2 aliphatic heterocycles. The molecule has 0 aliphatic carbocycles. The smallest absolute Gasteiger partial charge is 0.129 e. The monoisotopic (exact) mass is 394 g/mol. The Balaban J connectivity index is 0.00000117. The van der Waals surface area contributed by atoms with Crippen molar-refractivity contribution in [2.75, 3.05) is 25.0 Å². The van der Waals surface area contributed by atoms with Crippen LogP contribution in [0.25, 0.3) is 0 Å². The van der Waals surface area contributed by atoms with E-state index in [2.05, 4.69) is 65.3 Å². The molecule has 0 aromatic heterocycles. The Hall–Kier alpha value is -2.37. The van der Waals surface area contributed by atoms with Crippen LogP contribution >= 0.6 is 0 Å². The lowest BCUT2D eigenvalue weighted by molar-refractivity contribution is 0.352. The number of nitrogens with one attached hydrogen (secondary N) is 3. The van der Waals surface area contributed by atoms with Crippen LogP contribution in [-0.2, 0) is 13.0 Å². The summed E-state index contributed by atoms with van der Waals surface area (Å²) in [6.07, 6.45) is 3.38. The summed E-state index contributed by atoms with van der Waals surface area (Å²) < 4.78 is 5.79. The second kappa shape index (κ2) is 11.0. The third kappa shape index (κ3) is 5.37. The van der Waals surface area contributed by atoms with Gasteiger partial charge in [-0.15, -0.1) is 0 Å². The van der Waals surface area contributed by atoms with E-state index in [1.165, 1.54) is 23.1 Å². The molecule has 0 fully saturated rings. The maximum Gasteiger partial charge on any atom is 0.129 e. The highest BCUT2D eigenvalue weighted by atomic mass is 16.5. The van der Waals surface area contributed by atoms with Gasteiger partial charge in [-0.25, -0.2) is 4.99 Å². The molecule has 0 saturated carbocycles. The van der Waals surface area contributed by atoms with Crippen LogP contribution in [0.4, 0.5) is 5.69 Å². The third-order valence-electron chi connectivity index (χ3n) is 5.09. The summed E-state index contributed by atoms with van der Waals surface area (Å²) in [6.45, 7) is 9.46. The van der Waals surface area contributed by atoms with E-state index >= 15 is 0 Å². The number of anilines is 1. The Bertz CT molecular complexity index is 818. The molecule has 0 amide bonds. The van der Waals surface area contributed by atoms with Crippen molar-refractivity contribution in [1.82, 2.24) is 10.6 Å². The van der Waals surface area contributed by atoms with Gasteiger partial charge in [0.1, 0.15) is 17.8 Å². The topological polar surface area (TPSA) is 57.7 Å². The lowest BCUT2D eigenvalue weighted by atomic mass is 10.1. The van der Waals surface area contributed by atoms with E-state index in [9.17, 15) is 0 Å². The SMILES string of the molecule is CC.CCCCNC1N=C(CNCc2cccc3c2OCC3)Nc2ccccc21. The molecule has 156 valence electrons. The van der Waals surface area contributed by atoms with Gasteiger partial charge >= 0.3 is 0 Å². The second-order valence-corrected chi connectivity index (χ2v) is 7.11. The number of fused-ring (bicyclic) bond motifs is 2. The van der Waals surface area contributed by atoms with E-state index in [1.807, 2.05) is 13.8 Å². The van der Waals surface area contributed by atoms with Crippen LogP contribution in [0, 0.1) is 0 Å². The number of hydrogen-bond donors (Lipinski definition) is 3. The standard InChI is InChI=1S/C22H28N4O.C2H6/c1-2-3-12-24-22-18-9-4-5-10-19(18)25-20(26-22)15-23-14-17-8-6-7-16-11-13-27-21(16)17;1-2/h4-10,22-24H,2-3,11-15H2,1H3,(H,25,26);1-2H3. The highest BCUT2D eigenvalue weighted by Crippen LogP contribution is 2.30. The molecular weight excluding hydrogens is 360 g/mol. The van der Waals surface area contributed by atoms with Gasteiger partial charge in [-0.2, -0.15) is 0 Å². The molecule has 0 bridgehead atoms. The average molecular weight is 395 g/mol. The molecule has 5 heteroatoms. The molecule has 3 N–H and O–H groups in total. The first kappa shape index (κ1) is 21.3. The Morgan fingerprint density at radius 1 is 1.10 bits per heavy atom. The normalized spacial score (nSPS) is 16.5. The molecule has 2 heterocycles. The van der Waals surface area contributed by atoms with Crippen molar-refractivity contribution in [3.8, 4) is 5.75 Å². The highest BCUT2D eigenvalue weighted by Gasteiger charge is 2.20. The van der Waals surface area contributed by atoms with Gasteiger partial charge in [-0.1, -0.05) is 63.6 Å². The number of hydrogen-bond acceptors (Lipinski definition) is 5. The summed E-state index contributed by atoms with van der Waals surface area (Å²) in [5.74, 6) is 2.03. The van der Waals surface area contributed by atoms with Crippen molar-refractivity contribution < 1.29 is 4.74 Å². The van der Waals surface area contributed by atoms with E-state index in [1.54, 1.807) is 0 Å². The maximum absolute atomic E-state index is 5.79. The number of nitrogens with zero attached hydrogens (tertiary/aromatic N) is 1. The summed E-state index contributed by atoms with van der Waals surface area (Å²) in [5, 5.41) is 10.6. The molecule has 2 aromatic rings. The van der Waals surface area contributed by atoms with Crippen LogP contribution in [0.5, 0.6) is 5.75 Å². The van der Waals surface area contributed by atoms with Crippen LogP contribution < -0.4 is 20.7 Å². The molecule has 2 aromatic carbocycles. The van der Waals surface area contributed by atoms with Crippen molar-refractivity contribution in [3.05, 3.63) is 59.2 Å². The third-order valence-corrected chi connectivity index (χ3v) is 5.09. The quantitative estimate of drug-likeness (QED) is 0.571. The zero-order chi connectivity index (χ0) is 20.5. The number of unbranched alkanes of at least 4 members (excludes halogenated alkanes) is 1. The number of amidine groups is 1. The lowest BCUT2D eigenvalue weighted by Crippen LogP contribution is -2.34. The Morgan fingerprint density at radius 2 is 1.97 bits per heavy atom. The first-order chi connectivity index (χ1) is 14.3. The predicted octanol–water partition coefficient (Wildman–Crippen LogP) is 4.65. The Kier molecular flexibility index (Phi) is 8.08. The van der Waals surface area contributed by atoms with E-state index in [0.29, 0.717) is 6.54 Å². The number of rotatable bonds is 8. The van der Waals surface area contributed by atoms with E-state index in [-0.39, 0.29) is 6.17 Å². The molecule has 5 nitrogen and oxygen atoms in total. The van der Waals surface area contributed by atoms with Crippen molar-refractivity contribution in [1.29, 1.82) is 0 Å². The molecule has 4 rings (SSSR count). The molecule has 1 atom stereocenters. The van der Waals surface area contributed by atoms with Crippen molar-refractivity contribution in [3.63, 3.8) is 0 Å². The predicted molar refractivity (Wildman–Crippen MR) is 122 cm³/mol. The summed E-state index contributed by atoms with van der Waals surface area (Å²) >= 11 is 0. The van der Waals surface area contributed by atoms with Crippen LogP contribution in [0.15, 0.2) is 47.5 Å². The zero-order valence-electron chi connectivity index (χ0n) is 17.9. The number of ether oxygens (including phenoxy) is 1. The van der Waals surface area contributed by atoms with E-state index < -0.39 is 0 Å². The summed E-state index contributed by atoms with van der Waals surface area (Å²) in [5.41, 5.74) is 4.89. The average Bonchev–Trinajstić information content (AvgIpc) is 3.25. The van der Waals surface area contributed by atoms with Gasteiger partial charge in [0, 0.05) is 29.8 Å². The molecule has 29 heavy (non-hydrogen) atoms. The van der Waals surface area contributed by atoms with Crippen molar-refractivity contribution in [2.45, 2.75) is 52.7 Å². The maximum atomic E-state index is 5.79. The van der Waals surface area contributed by atoms with Crippen LogP contribution in [-0.4, -0.2) is 25.5 Å². The van der Waals surface area contributed by atoms with Crippen molar-refractivity contribution >= 4 is 11.5 Å². The van der Waals surface area contributed by atoms with Gasteiger partial charge in [0.05, 0.1) is 13.2 Å². The van der Waals surface area contributed by atoms with Crippen LogP contribution in [0.1, 0.15) is 56.5 Å². The van der Waals surface area contributed by atoms with Gasteiger partial charge < -0.3 is 15.4 Å². The number of aliphatic imine (C=N–C) groups is 1. The first-order valence-corrected chi connectivity index (χ1v) is 11.0. The highest BCUT2D eigenvalue weighted by molar-refractivity contribution is 5.99. The first-order valence-electron chi connectivity index (χ1n) is 11.0. The minimum atomic E-state index is 0.0232. The zero-order valence-corrected chi connectivity index (χ0v) is 17.9. The van der Waals surface area contributed by atoms with E-state index in [4.69, 9.17) is 9.73 Å². The largest absolute Gasteiger partial charge is 0.493 e. The molecule has 1 unspecified atom stereocenters. The molecule has 2 aliphatic rings. The Morgan fingerprint density at radius 3 is 2.83 bits per heavy atom. The Labute approximate surface area is 175 Å². The molecular formula is C24H34N4O. The number of benzene rings is 2. The second-order valence-electron chi connectivity index (χ2n) is 7.11. The van der Waals surface area contributed by atoms with Crippen LogP contribution in [0.3, 0.4) is 0 Å². The van der Waals surface area contributed by atoms with Crippen molar-refractivity contribution in [2.24, 2.45) is 4.99 Å². The fourth-order valence-electron chi connectivity index (χ4n) is 3.66. The van der Waals surface area contributed by atoms with E-state index in [0.717, 1.165) is 49.8 Å². The minimum absolute atomic E-state index is 0.0232. The fourth-order valence-corrected chi connectivity index (χ4v) is 3.66. The summed E-state index contributed by atoms with van der Waals surface area (Å²) in [4.78, 5) is 4.90. The van der Waals surface area contributed by atoms with Gasteiger partial charge in [0.25, 0.3) is 0 Å². The van der Waals surface area contributed by atoms with Gasteiger partial charge in [-0.3, -0.25) is 5.32 Å². The van der Waals surface area contributed by atoms with Crippen LogP contribution in [0.2, 0.25) is 0 Å². The van der Waals surface area contributed by atoms with Gasteiger partial charge in [0.2, 0.25) is 0 Å². The summed E-state index contributed by atoms with van der Waals surface area (Å²) in [7, 11) is 0. The van der Waals surface area contributed by atoms with Gasteiger partial charge in [-0.05, 0) is 24.6 Å². The number of para-hydroxylation sites is 2. The molecule has 0 spiro atoms. The van der Waals surface area contributed by atoms with Gasteiger partial charge in [0.15, 0.2) is 0 Å². The lowest BCUT2D eigenvalue weighted by Gasteiger charge is -2.26. The molecule has 0 radical (unpaired) electrons.